The minimum atomic E-state index is -1.47. The van der Waals surface area contributed by atoms with E-state index >= 15 is 0 Å². The van der Waals surface area contributed by atoms with Crippen LogP contribution in [0.5, 0.6) is 23.1 Å². The molecule has 0 amide bonds. The molecule has 3 aliphatic heterocycles. The largest absolute Gasteiger partial charge is 0.490 e. The molecule has 1 aliphatic carbocycles. The van der Waals surface area contributed by atoms with Gasteiger partial charge >= 0.3 is 5.97 Å². The van der Waals surface area contributed by atoms with E-state index in [9.17, 15) is 14.3 Å². The van der Waals surface area contributed by atoms with Crippen LogP contribution in [0.3, 0.4) is 0 Å². The summed E-state index contributed by atoms with van der Waals surface area (Å²) in [5.41, 5.74) is 4.08. The third-order valence-corrected chi connectivity index (χ3v) is 15.8. The summed E-state index contributed by atoms with van der Waals surface area (Å²) in [6.45, 7) is 11.2. The third-order valence-electron chi connectivity index (χ3n) is 13.8. The maximum absolute atomic E-state index is 14.4. The summed E-state index contributed by atoms with van der Waals surface area (Å²) in [5.74, 6) is 0.256. The molecule has 1 saturated heterocycles. The maximum atomic E-state index is 14.4. The number of carbonyl (C=O) groups is 1. The van der Waals surface area contributed by atoms with Crippen molar-refractivity contribution in [1.29, 1.82) is 0 Å². The minimum Gasteiger partial charge on any atom is -0.490 e. The van der Waals surface area contributed by atoms with Gasteiger partial charge < -0.3 is 47.9 Å². The summed E-state index contributed by atoms with van der Waals surface area (Å²) < 4.78 is 63.2. The van der Waals surface area contributed by atoms with Gasteiger partial charge in [-0.1, -0.05) is 41.8 Å². The lowest BCUT2D eigenvalue weighted by atomic mass is 9.68. The van der Waals surface area contributed by atoms with Gasteiger partial charge in [-0.2, -0.15) is 0 Å². The fourth-order valence-electron chi connectivity index (χ4n) is 9.48. The van der Waals surface area contributed by atoms with Crippen molar-refractivity contribution in [3.05, 3.63) is 105 Å². The first kappa shape index (κ1) is 53.5. The molecular weight excluding hydrogens is 1010 g/mol. The SMILES string of the molecule is COCCOCCOCCOCC1(c2nccc(COc3ccc4cc3C[C@H](C(=O)O)Oc3ncnc5sc(-c6ccc(F)cc6)c(c35)-c3c(C)c(Cl)c(c(Cl)c3C)O[C@H](CN3CCN(C)CC3)CO4)n2)CCC1. The van der Waals surface area contributed by atoms with Gasteiger partial charge in [0, 0.05) is 68.5 Å². The number of rotatable bonds is 19. The lowest BCUT2D eigenvalue weighted by molar-refractivity contribution is -0.145. The van der Waals surface area contributed by atoms with Crippen LogP contribution in [0.2, 0.25) is 10.0 Å². The van der Waals surface area contributed by atoms with Crippen molar-refractivity contribution >= 4 is 50.7 Å². The molecule has 20 heteroatoms. The molecule has 2 fully saturated rings. The third kappa shape index (κ3) is 12.4. The highest BCUT2D eigenvalue weighted by molar-refractivity contribution is 7.22. The summed E-state index contributed by atoms with van der Waals surface area (Å²) in [6, 6.07) is 13.3. The number of aromatic nitrogens is 4. The van der Waals surface area contributed by atoms with Gasteiger partial charge in [-0.3, -0.25) is 4.90 Å². The lowest BCUT2D eigenvalue weighted by Gasteiger charge is -2.40. The van der Waals surface area contributed by atoms with Gasteiger partial charge in [-0.25, -0.2) is 29.1 Å². The molecule has 0 spiro atoms. The number of piperazine rings is 1. The molecule has 16 nitrogen and oxygen atoms in total. The Morgan fingerprint density at radius 3 is 2.30 bits per heavy atom. The van der Waals surface area contributed by atoms with E-state index in [0.717, 1.165) is 45.4 Å². The van der Waals surface area contributed by atoms with Crippen LogP contribution in [0.1, 0.15) is 47.5 Å². The Kier molecular flexibility index (Phi) is 17.8. The van der Waals surface area contributed by atoms with Gasteiger partial charge in [0.25, 0.3) is 0 Å². The Bertz CT molecular complexity index is 2870. The molecule has 1 N–H and O–H groups in total. The van der Waals surface area contributed by atoms with Crippen LogP contribution in [0.4, 0.5) is 4.39 Å². The van der Waals surface area contributed by atoms with Crippen molar-refractivity contribution in [1.82, 2.24) is 29.7 Å². The van der Waals surface area contributed by atoms with Gasteiger partial charge in [-0.05, 0) is 92.4 Å². The van der Waals surface area contributed by atoms with Crippen molar-refractivity contribution in [2.45, 2.75) is 63.8 Å². The highest BCUT2D eigenvalue weighted by Gasteiger charge is 2.42. The first-order chi connectivity index (χ1) is 35.9. The second-order valence-corrected chi connectivity index (χ2v) is 20.6. The number of hydrogen-bond donors (Lipinski definition) is 1. The minimum absolute atomic E-state index is 0.0260. The number of methoxy groups -OCH3 is 1. The van der Waals surface area contributed by atoms with Crippen molar-refractivity contribution in [2.75, 3.05) is 99.7 Å². The molecule has 394 valence electrons. The number of benzene rings is 3. The first-order valence-corrected chi connectivity index (χ1v) is 26.4. The molecule has 3 aromatic carbocycles. The molecule has 0 radical (unpaired) electrons. The zero-order valence-electron chi connectivity index (χ0n) is 42.0. The van der Waals surface area contributed by atoms with E-state index in [1.807, 2.05) is 13.8 Å². The zero-order chi connectivity index (χ0) is 51.8. The van der Waals surface area contributed by atoms with Crippen LogP contribution in [-0.2, 0) is 42.2 Å². The molecule has 6 aromatic rings. The number of aliphatic carboxylic acids is 1. The van der Waals surface area contributed by atoms with Gasteiger partial charge in [0.05, 0.1) is 72.8 Å². The lowest BCUT2D eigenvalue weighted by Crippen LogP contribution is -2.49. The van der Waals surface area contributed by atoms with Gasteiger partial charge in [0.2, 0.25) is 12.0 Å². The Labute approximate surface area is 443 Å². The summed E-state index contributed by atoms with van der Waals surface area (Å²) in [6.07, 6.45) is 3.71. The van der Waals surface area contributed by atoms with Crippen LogP contribution in [0.25, 0.3) is 31.8 Å². The summed E-state index contributed by atoms with van der Waals surface area (Å²) in [5, 5.41) is 12.0. The molecule has 2 atom stereocenters. The second kappa shape index (κ2) is 24.6. The van der Waals surface area contributed by atoms with E-state index in [-0.39, 0.29) is 30.9 Å². The van der Waals surface area contributed by atoms with Crippen molar-refractivity contribution in [3.8, 4) is 44.7 Å². The van der Waals surface area contributed by atoms with E-state index in [1.54, 1.807) is 49.7 Å². The topological polar surface area (TPSA) is 169 Å². The molecule has 4 bridgehead atoms. The number of ether oxygens (including phenoxy) is 8. The van der Waals surface area contributed by atoms with E-state index in [2.05, 4.69) is 26.8 Å². The maximum Gasteiger partial charge on any atom is 0.345 e. The van der Waals surface area contributed by atoms with Crippen LogP contribution < -0.4 is 18.9 Å². The number of thiophene rings is 1. The van der Waals surface area contributed by atoms with Gasteiger partial charge in [-0.15, -0.1) is 11.3 Å². The number of likely N-dealkylation sites (N-methyl/N-ethyl adjacent to an activating group) is 1. The number of nitrogens with zero attached hydrogens (tertiary/aromatic N) is 6. The fraction of sp³-hybridized carbons (Fsp3) is 0.463. The van der Waals surface area contributed by atoms with Crippen LogP contribution >= 0.6 is 34.5 Å². The molecule has 6 heterocycles. The van der Waals surface area contributed by atoms with E-state index in [1.165, 1.54) is 29.8 Å². The predicted octanol–water partition coefficient (Wildman–Crippen LogP) is 9.04. The Morgan fingerprint density at radius 2 is 1.61 bits per heavy atom. The Morgan fingerprint density at radius 1 is 0.892 bits per heavy atom. The monoisotopic (exact) mass is 1070 g/mol. The quantitative estimate of drug-likeness (QED) is 0.0762. The molecule has 1 saturated carbocycles. The number of carboxylic acids is 1. The van der Waals surface area contributed by atoms with E-state index < -0.39 is 24.0 Å². The average molecular weight is 1080 g/mol. The molecule has 10 rings (SSSR count). The van der Waals surface area contributed by atoms with E-state index in [0.29, 0.717) is 140 Å². The van der Waals surface area contributed by atoms with E-state index in [4.69, 9.17) is 71.1 Å². The molecule has 0 unspecified atom stereocenters. The van der Waals surface area contributed by atoms with Crippen molar-refractivity contribution in [3.63, 3.8) is 0 Å². The predicted molar refractivity (Wildman–Crippen MR) is 280 cm³/mol. The molecule has 74 heavy (non-hydrogen) atoms. The number of fused-ring (bicyclic) bond motifs is 7. The number of carboxylic acid groups (broad SMARTS) is 1. The first-order valence-electron chi connectivity index (χ1n) is 24.8. The second-order valence-electron chi connectivity index (χ2n) is 18.9. The highest BCUT2D eigenvalue weighted by atomic mass is 35.5. The van der Waals surface area contributed by atoms with Crippen LogP contribution in [0, 0.1) is 19.7 Å². The van der Waals surface area contributed by atoms with Crippen LogP contribution in [0.15, 0.2) is 61.1 Å². The summed E-state index contributed by atoms with van der Waals surface area (Å²) in [7, 11) is 3.74. The van der Waals surface area contributed by atoms with Crippen molar-refractivity contribution < 1.29 is 52.2 Å². The van der Waals surface area contributed by atoms with Crippen LogP contribution in [-0.4, -0.2) is 153 Å². The fourth-order valence-corrected chi connectivity index (χ4v) is 11.1. The normalized spacial score (nSPS) is 18.0. The Hall–Kier alpha value is -5.28. The number of hydrogen-bond acceptors (Lipinski definition) is 16. The highest BCUT2D eigenvalue weighted by Crippen LogP contribution is 2.53. The molecular formula is C54H61Cl2FN6O10S. The zero-order valence-corrected chi connectivity index (χ0v) is 44.3. The standard InChI is InChI=1S/C54H61Cl2FN6O10S/c1-33-43-34(2)47(56)48(46(33)55)72-40(28-63-18-16-62(3)17-19-63)30-70-39-10-11-41(71-29-38-12-15-58-53(61-38)54(13-5-14-54)31-69-25-24-68-23-22-67-21-20-66-4)36(26-39)27-42(52(64)65)73-50-45-44(43)49(74-51(45)60-32-59-50)35-6-8-37(57)9-7-35/h6-12,15,26,32,40,42H,5,13-14,16-25,27-31H2,1-4H3,(H,64,65)/t40-,42-/m1/s1. The Balaban J connectivity index is 1.04. The van der Waals surface area contributed by atoms with Gasteiger partial charge in [0.15, 0.2) is 5.75 Å². The summed E-state index contributed by atoms with van der Waals surface area (Å²) in [4.78, 5) is 38.1. The summed E-state index contributed by atoms with van der Waals surface area (Å²) >= 11 is 16.0. The molecule has 4 aliphatic rings. The van der Waals surface area contributed by atoms with Crippen molar-refractivity contribution in [2.24, 2.45) is 0 Å². The van der Waals surface area contributed by atoms with Gasteiger partial charge in [0.1, 0.15) is 53.6 Å². The number of halogens is 3. The smallest absolute Gasteiger partial charge is 0.345 e. The molecule has 3 aromatic heterocycles. The average Bonchev–Trinajstić information content (AvgIpc) is 3.77.